The third-order valence-corrected chi connectivity index (χ3v) is 6.26. The van der Waals surface area contributed by atoms with Crippen molar-refractivity contribution in [2.24, 2.45) is 0 Å². The molecule has 4 nitrogen and oxygen atoms in total. The number of benzene rings is 1. The first-order valence-electron chi connectivity index (χ1n) is 9.14. The number of hydrogen-bond acceptors (Lipinski definition) is 3. The minimum Gasteiger partial charge on any atom is -0.492 e. The van der Waals surface area contributed by atoms with E-state index in [9.17, 15) is 8.42 Å². The van der Waals surface area contributed by atoms with Crippen molar-refractivity contribution in [2.75, 3.05) is 6.61 Å². The van der Waals surface area contributed by atoms with Crippen molar-refractivity contribution >= 4 is 10.0 Å². The molecular formula is C19H31NO3S. The van der Waals surface area contributed by atoms with Gasteiger partial charge in [0.2, 0.25) is 10.0 Å². The fraction of sp³-hybridized carbons (Fsp3) is 0.684. The number of aryl methyl sites for hydroxylation is 1. The van der Waals surface area contributed by atoms with Gasteiger partial charge in [0, 0.05) is 6.04 Å². The van der Waals surface area contributed by atoms with Crippen LogP contribution in [-0.2, 0) is 10.0 Å². The highest BCUT2D eigenvalue weighted by molar-refractivity contribution is 7.89. The van der Waals surface area contributed by atoms with Gasteiger partial charge in [-0.05, 0) is 55.9 Å². The molecule has 24 heavy (non-hydrogen) atoms. The van der Waals surface area contributed by atoms with Crippen LogP contribution < -0.4 is 9.46 Å². The number of ether oxygens (including phenoxy) is 1. The van der Waals surface area contributed by atoms with Gasteiger partial charge in [-0.15, -0.1) is 0 Å². The van der Waals surface area contributed by atoms with Gasteiger partial charge in [-0.1, -0.05) is 39.5 Å². The minimum atomic E-state index is -3.58. The Morgan fingerprint density at radius 2 is 1.79 bits per heavy atom. The van der Waals surface area contributed by atoms with E-state index in [-0.39, 0.29) is 16.9 Å². The van der Waals surface area contributed by atoms with Gasteiger partial charge in [-0.2, -0.15) is 0 Å². The van der Waals surface area contributed by atoms with Crippen LogP contribution in [0.25, 0.3) is 0 Å². The Hall–Kier alpha value is -1.07. The lowest BCUT2D eigenvalue weighted by atomic mass is 9.98. The third kappa shape index (κ3) is 4.73. The summed E-state index contributed by atoms with van der Waals surface area (Å²) in [5, 5.41) is 0. The van der Waals surface area contributed by atoms with Crippen LogP contribution in [0.3, 0.4) is 0 Å². The second kappa shape index (κ2) is 8.34. The fourth-order valence-corrected chi connectivity index (χ4v) is 4.92. The molecular weight excluding hydrogens is 322 g/mol. The van der Waals surface area contributed by atoms with Crippen LogP contribution in [0.1, 0.15) is 76.3 Å². The number of sulfonamides is 1. The lowest BCUT2D eigenvalue weighted by Gasteiger charge is -2.20. The Bertz CT molecular complexity index is 645. The molecule has 0 aliphatic heterocycles. The van der Waals surface area contributed by atoms with E-state index in [0.717, 1.165) is 36.8 Å². The van der Waals surface area contributed by atoms with Crippen LogP contribution in [0.4, 0.5) is 0 Å². The average molecular weight is 354 g/mol. The zero-order chi connectivity index (χ0) is 17.7. The van der Waals surface area contributed by atoms with Crippen molar-refractivity contribution in [2.45, 2.75) is 83.1 Å². The molecule has 1 fully saturated rings. The van der Waals surface area contributed by atoms with Crippen LogP contribution in [0, 0.1) is 6.92 Å². The van der Waals surface area contributed by atoms with Gasteiger partial charge in [0.1, 0.15) is 10.6 Å². The van der Waals surface area contributed by atoms with Gasteiger partial charge in [-0.25, -0.2) is 13.1 Å². The molecule has 1 saturated carbocycles. The zero-order valence-corrected chi connectivity index (χ0v) is 16.2. The average Bonchev–Trinajstić information content (AvgIpc) is 2.75. The summed E-state index contributed by atoms with van der Waals surface area (Å²) in [6, 6.07) is 3.70. The van der Waals surface area contributed by atoms with E-state index in [1.165, 1.54) is 12.8 Å². The monoisotopic (exact) mass is 353 g/mol. The fourth-order valence-electron chi connectivity index (χ4n) is 3.46. The van der Waals surface area contributed by atoms with E-state index in [2.05, 4.69) is 18.6 Å². The second-order valence-corrected chi connectivity index (χ2v) is 8.74. The first-order chi connectivity index (χ1) is 11.3. The topological polar surface area (TPSA) is 55.4 Å². The number of hydrogen-bond donors (Lipinski definition) is 1. The van der Waals surface area contributed by atoms with E-state index in [1.54, 1.807) is 6.07 Å². The van der Waals surface area contributed by atoms with Crippen LogP contribution in [-0.4, -0.2) is 21.1 Å². The molecule has 1 aromatic carbocycles. The molecule has 5 heteroatoms. The van der Waals surface area contributed by atoms with Gasteiger partial charge < -0.3 is 4.74 Å². The molecule has 0 amide bonds. The summed E-state index contributed by atoms with van der Waals surface area (Å²) in [6.45, 7) is 8.50. The summed E-state index contributed by atoms with van der Waals surface area (Å²) in [5.74, 6) is 0.730. The highest BCUT2D eigenvalue weighted by Gasteiger charge is 2.26. The summed E-state index contributed by atoms with van der Waals surface area (Å²) >= 11 is 0. The second-order valence-electron chi connectivity index (χ2n) is 7.05. The summed E-state index contributed by atoms with van der Waals surface area (Å²) in [7, 11) is -3.58. The zero-order valence-electron chi connectivity index (χ0n) is 15.4. The summed E-state index contributed by atoms with van der Waals surface area (Å²) in [5.41, 5.74) is 2.13. The summed E-state index contributed by atoms with van der Waals surface area (Å²) in [4.78, 5) is 0.280. The molecule has 0 spiro atoms. The SMILES string of the molecule is CCOc1cc(C)c(C(C)C)cc1S(=O)(=O)NC1CCCCCC1. The molecule has 0 atom stereocenters. The maximum Gasteiger partial charge on any atom is 0.244 e. The highest BCUT2D eigenvalue weighted by Crippen LogP contribution is 2.32. The third-order valence-electron chi connectivity index (χ3n) is 4.72. The first-order valence-corrected chi connectivity index (χ1v) is 10.6. The molecule has 1 aromatic rings. The van der Waals surface area contributed by atoms with Crippen molar-refractivity contribution < 1.29 is 13.2 Å². The largest absolute Gasteiger partial charge is 0.492 e. The number of rotatable bonds is 6. The van der Waals surface area contributed by atoms with E-state index in [0.29, 0.717) is 12.4 Å². The first kappa shape index (κ1) is 19.3. The van der Waals surface area contributed by atoms with Crippen LogP contribution in [0.5, 0.6) is 5.75 Å². The minimum absolute atomic E-state index is 0.0378. The lowest BCUT2D eigenvalue weighted by molar-refractivity contribution is 0.330. The maximum atomic E-state index is 13.0. The molecule has 0 saturated heterocycles. The van der Waals surface area contributed by atoms with E-state index in [1.807, 2.05) is 19.9 Å². The molecule has 0 bridgehead atoms. The maximum absolute atomic E-state index is 13.0. The van der Waals surface area contributed by atoms with Crippen molar-refractivity contribution in [1.82, 2.24) is 4.72 Å². The Balaban J connectivity index is 2.37. The standard InChI is InChI=1S/C19H31NO3S/c1-5-23-18-12-15(4)17(14(2)3)13-19(18)24(21,22)20-16-10-8-6-7-9-11-16/h12-14,16,20H,5-11H2,1-4H3. The smallest absolute Gasteiger partial charge is 0.244 e. The Morgan fingerprint density at radius 1 is 1.17 bits per heavy atom. The Labute approximate surface area is 147 Å². The van der Waals surface area contributed by atoms with Crippen LogP contribution >= 0.6 is 0 Å². The quantitative estimate of drug-likeness (QED) is 0.765. The van der Waals surface area contributed by atoms with Crippen molar-refractivity contribution in [3.05, 3.63) is 23.3 Å². The van der Waals surface area contributed by atoms with Gasteiger partial charge in [0.05, 0.1) is 6.61 Å². The van der Waals surface area contributed by atoms with Crippen LogP contribution in [0.2, 0.25) is 0 Å². The Morgan fingerprint density at radius 3 is 2.33 bits per heavy atom. The molecule has 136 valence electrons. The Kier molecular flexibility index (Phi) is 6.70. The van der Waals surface area contributed by atoms with E-state index >= 15 is 0 Å². The normalized spacial score (nSPS) is 17.0. The summed E-state index contributed by atoms with van der Waals surface area (Å²) in [6.07, 6.45) is 6.43. The van der Waals surface area contributed by atoms with Gasteiger partial charge in [0.25, 0.3) is 0 Å². The summed E-state index contributed by atoms with van der Waals surface area (Å²) < 4.78 is 34.6. The van der Waals surface area contributed by atoms with Gasteiger partial charge >= 0.3 is 0 Å². The van der Waals surface area contributed by atoms with Gasteiger partial charge in [-0.3, -0.25) is 0 Å². The predicted octanol–water partition coefficient (Wildman–Crippen LogP) is 4.52. The molecule has 0 aromatic heterocycles. The van der Waals surface area contributed by atoms with Crippen molar-refractivity contribution in [3.63, 3.8) is 0 Å². The molecule has 0 unspecified atom stereocenters. The van der Waals surface area contributed by atoms with E-state index in [4.69, 9.17) is 4.74 Å². The molecule has 1 aliphatic rings. The van der Waals surface area contributed by atoms with Crippen molar-refractivity contribution in [3.8, 4) is 5.75 Å². The molecule has 1 aliphatic carbocycles. The van der Waals surface area contributed by atoms with Gasteiger partial charge in [0.15, 0.2) is 0 Å². The molecule has 0 radical (unpaired) electrons. The highest BCUT2D eigenvalue weighted by atomic mass is 32.2. The van der Waals surface area contributed by atoms with Crippen LogP contribution in [0.15, 0.2) is 17.0 Å². The molecule has 0 heterocycles. The lowest BCUT2D eigenvalue weighted by Crippen LogP contribution is -2.34. The van der Waals surface area contributed by atoms with Crippen molar-refractivity contribution in [1.29, 1.82) is 0 Å². The molecule has 1 N–H and O–H groups in total. The molecule has 2 rings (SSSR count). The predicted molar refractivity (Wildman–Crippen MR) is 98.2 cm³/mol. The van der Waals surface area contributed by atoms with E-state index < -0.39 is 10.0 Å². The number of nitrogens with one attached hydrogen (secondary N) is 1.